The minimum absolute atomic E-state index is 0.0167. The van der Waals surface area contributed by atoms with Crippen LogP contribution in [0, 0.1) is 0 Å². The normalized spacial score (nSPS) is 24.0. The molecule has 1 aromatic rings. The van der Waals surface area contributed by atoms with Crippen molar-refractivity contribution in [2.75, 3.05) is 12.9 Å². The summed E-state index contributed by atoms with van der Waals surface area (Å²) in [6.07, 6.45) is 7.28. The van der Waals surface area contributed by atoms with Crippen molar-refractivity contribution in [1.82, 2.24) is 10.3 Å². The first-order valence-electron chi connectivity index (χ1n) is 8.60. The Morgan fingerprint density at radius 1 is 1.28 bits per heavy atom. The molecule has 0 spiro atoms. The standard InChI is InChI=1S/C18H24N2O4S/c1-18(9-4-3-5-10-18)15-7-6-14(17(20-15)24-2)16(21)19-13-8-11-25(22,23)12-13/h6-8,11,13H,3-5,9-10,12H2,1-2H3,(H,19,21)/t13-/m1/s1. The Balaban J connectivity index is 1.80. The van der Waals surface area contributed by atoms with Gasteiger partial charge in [0, 0.05) is 10.8 Å². The Morgan fingerprint density at radius 2 is 2.00 bits per heavy atom. The topological polar surface area (TPSA) is 85.4 Å². The number of carbonyl (C=O) groups excluding carboxylic acids is 1. The van der Waals surface area contributed by atoms with Gasteiger partial charge in [0.05, 0.1) is 24.6 Å². The van der Waals surface area contributed by atoms with Gasteiger partial charge in [0.25, 0.3) is 5.91 Å². The van der Waals surface area contributed by atoms with Crippen LogP contribution < -0.4 is 10.1 Å². The molecular weight excluding hydrogens is 340 g/mol. The van der Waals surface area contributed by atoms with Gasteiger partial charge in [0.1, 0.15) is 5.56 Å². The number of rotatable bonds is 4. The van der Waals surface area contributed by atoms with E-state index in [0.717, 1.165) is 23.9 Å². The predicted molar refractivity (Wildman–Crippen MR) is 95.4 cm³/mol. The number of aromatic nitrogens is 1. The van der Waals surface area contributed by atoms with Crippen molar-refractivity contribution in [1.29, 1.82) is 0 Å². The summed E-state index contributed by atoms with van der Waals surface area (Å²) in [5, 5.41) is 3.85. The Kier molecular flexibility index (Phi) is 4.86. The van der Waals surface area contributed by atoms with Crippen LogP contribution in [0.2, 0.25) is 0 Å². The van der Waals surface area contributed by atoms with Crippen LogP contribution in [0.4, 0.5) is 0 Å². The minimum atomic E-state index is -3.21. The number of ether oxygens (including phenoxy) is 1. The van der Waals surface area contributed by atoms with Gasteiger partial charge >= 0.3 is 0 Å². The molecule has 6 nitrogen and oxygen atoms in total. The lowest BCUT2D eigenvalue weighted by atomic mass is 9.73. The van der Waals surface area contributed by atoms with Gasteiger partial charge in [-0.15, -0.1) is 0 Å². The van der Waals surface area contributed by atoms with Crippen LogP contribution in [0.1, 0.15) is 55.1 Å². The van der Waals surface area contributed by atoms with Crippen LogP contribution in [-0.4, -0.2) is 38.2 Å². The van der Waals surface area contributed by atoms with Gasteiger partial charge in [-0.3, -0.25) is 4.79 Å². The van der Waals surface area contributed by atoms with E-state index < -0.39 is 15.9 Å². The molecule has 25 heavy (non-hydrogen) atoms. The highest BCUT2D eigenvalue weighted by Gasteiger charge is 2.32. The molecule has 1 fully saturated rings. The number of amides is 1. The van der Waals surface area contributed by atoms with Crippen molar-refractivity contribution in [3.05, 3.63) is 34.9 Å². The molecule has 1 aliphatic heterocycles. The number of nitrogens with zero attached hydrogens (tertiary/aromatic N) is 1. The second-order valence-electron chi connectivity index (χ2n) is 7.11. The summed E-state index contributed by atoms with van der Waals surface area (Å²) in [6.45, 7) is 2.21. The van der Waals surface area contributed by atoms with Crippen molar-refractivity contribution in [3.8, 4) is 5.88 Å². The summed E-state index contributed by atoms with van der Waals surface area (Å²) in [5.74, 6) is -0.201. The van der Waals surface area contributed by atoms with Crippen molar-refractivity contribution in [3.63, 3.8) is 0 Å². The third-order valence-corrected chi connectivity index (χ3v) is 6.52. The molecule has 0 aromatic carbocycles. The average molecular weight is 364 g/mol. The lowest BCUT2D eigenvalue weighted by Gasteiger charge is -2.33. The first kappa shape index (κ1) is 17.9. The second kappa shape index (κ2) is 6.78. The zero-order valence-electron chi connectivity index (χ0n) is 14.6. The lowest BCUT2D eigenvalue weighted by Crippen LogP contribution is -2.36. The molecule has 2 heterocycles. The number of hydrogen-bond donors (Lipinski definition) is 1. The number of hydrogen-bond acceptors (Lipinski definition) is 5. The van der Waals surface area contributed by atoms with E-state index in [1.54, 1.807) is 6.07 Å². The molecule has 1 amide bonds. The number of pyridine rings is 1. The fraction of sp³-hybridized carbons (Fsp3) is 0.556. The van der Waals surface area contributed by atoms with Crippen LogP contribution in [-0.2, 0) is 15.3 Å². The molecule has 0 unspecified atom stereocenters. The first-order chi connectivity index (χ1) is 11.8. The van der Waals surface area contributed by atoms with Gasteiger partial charge < -0.3 is 10.1 Å². The third-order valence-electron chi connectivity index (χ3n) is 5.12. The van der Waals surface area contributed by atoms with Gasteiger partial charge in [-0.2, -0.15) is 0 Å². The molecular formula is C18H24N2O4S. The van der Waals surface area contributed by atoms with E-state index in [4.69, 9.17) is 4.74 Å². The molecule has 0 bridgehead atoms. The van der Waals surface area contributed by atoms with E-state index in [9.17, 15) is 13.2 Å². The summed E-state index contributed by atoms with van der Waals surface area (Å²) in [6, 6.07) is 3.10. The van der Waals surface area contributed by atoms with Gasteiger partial charge in [-0.05, 0) is 31.1 Å². The van der Waals surface area contributed by atoms with Crippen LogP contribution in [0.15, 0.2) is 23.6 Å². The molecule has 136 valence electrons. The fourth-order valence-corrected chi connectivity index (χ4v) is 4.84. The Hall–Kier alpha value is -1.89. The number of nitrogens with one attached hydrogen (secondary N) is 1. The second-order valence-corrected chi connectivity index (χ2v) is 9.04. The summed E-state index contributed by atoms with van der Waals surface area (Å²) < 4.78 is 28.3. The average Bonchev–Trinajstić information content (AvgIpc) is 2.93. The van der Waals surface area contributed by atoms with Gasteiger partial charge in [-0.1, -0.05) is 26.2 Å². The maximum Gasteiger partial charge on any atom is 0.257 e. The van der Waals surface area contributed by atoms with E-state index in [2.05, 4.69) is 17.2 Å². The molecule has 1 aliphatic carbocycles. The molecule has 1 atom stereocenters. The lowest BCUT2D eigenvalue weighted by molar-refractivity contribution is 0.0943. The van der Waals surface area contributed by atoms with Crippen molar-refractivity contribution < 1.29 is 17.9 Å². The molecule has 1 saturated carbocycles. The van der Waals surface area contributed by atoms with Crippen molar-refractivity contribution in [2.24, 2.45) is 0 Å². The molecule has 2 aliphatic rings. The predicted octanol–water partition coefficient (Wildman–Crippen LogP) is 2.35. The SMILES string of the molecule is COc1nc(C2(C)CCCCC2)ccc1C(=O)N[C@@H]1C=CS(=O)(=O)C1. The van der Waals surface area contributed by atoms with Gasteiger partial charge in [0.2, 0.25) is 5.88 Å². The summed E-state index contributed by atoms with van der Waals surface area (Å²) in [7, 11) is -1.72. The minimum Gasteiger partial charge on any atom is -0.480 e. The number of methoxy groups -OCH3 is 1. The van der Waals surface area contributed by atoms with Crippen LogP contribution in [0.5, 0.6) is 5.88 Å². The van der Waals surface area contributed by atoms with Gasteiger partial charge in [-0.25, -0.2) is 13.4 Å². The highest BCUT2D eigenvalue weighted by atomic mass is 32.2. The molecule has 7 heteroatoms. The maximum atomic E-state index is 12.5. The Bertz CT molecular complexity index is 795. The molecule has 1 N–H and O–H groups in total. The Labute approximate surface area is 148 Å². The highest BCUT2D eigenvalue weighted by Crippen LogP contribution is 2.38. The summed E-state index contributed by atoms with van der Waals surface area (Å²) in [4.78, 5) is 17.1. The number of sulfone groups is 1. The summed E-state index contributed by atoms with van der Waals surface area (Å²) >= 11 is 0. The van der Waals surface area contributed by atoms with Crippen molar-refractivity contribution in [2.45, 2.75) is 50.5 Å². The van der Waals surface area contributed by atoms with E-state index in [-0.39, 0.29) is 23.0 Å². The smallest absolute Gasteiger partial charge is 0.257 e. The van der Waals surface area contributed by atoms with E-state index in [1.165, 1.54) is 32.4 Å². The Morgan fingerprint density at radius 3 is 2.60 bits per heavy atom. The van der Waals surface area contributed by atoms with Crippen LogP contribution in [0.3, 0.4) is 0 Å². The molecule has 0 saturated heterocycles. The largest absolute Gasteiger partial charge is 0.480 e. The molecule has 1 aromatic heterocycles. The third kappa shape index (κ3) is 3.86. The number of carbonyl (C=O) groups is 1. The first-order valence-corrected chi connectivity index (χ1v) is 10.3. The van der Waals surface area contributed by atoms with Gasteiger partial charge in [0.15, 0.2) is 9.84 Å². The summed E-state index contributed by atoms with van der Waals surface area (Å²) in [5.41, 5.74) is 1.29. The van der Waals surface area contributed by atoms with E-state index in [0.29, 0.717) is 5.56 Å². The highest BCUT2D eigenvalue weighted by molar-refractivity contribution is 7.94. The molecule has 0 radical (unpaired) electrons. The fourth-order valence-electron chi connectivity index (χ4n) is 3.61. The van der Waals surface area contributed by atoms with Crippen molar-refractivity contribution >= 4 is 15.7 Å². The maximum absolute atomic E-state index is 12.5. The zero-order valence-corrected chi connectivity index (χ0v) is 15.4. The van der Waals surface area contributed by atoms with Crippen LogP contribution >= 0.6 is 0 Å². The quantitative estimate of drug-likeness (QED) is 0.886. The van der Waals surface area contributed by atoms with E-state index in [1.807, 2.05) is 6.07 Å². The monoisotopic (exact) mass is 364 g/mol. The zero-order chi connectivity index (χ0) is 18.1. The van der Waals surface area contributed by atoms with E-state index >= 15 is 0 Å². The van der Waals surface area contributed by atoms with Crippen LogP contribution in [0.25, 0.3) is 0 Å². The molecule has 3 rings (SSSR count).